The second kappa shape index (κ2) is 14.4. The van der Waals surface area contributed by atoms with Crippen LogP contribution in [-0.4, -0.2) is 58.1 Å². The molecule has 8 nitrogen and oxygen atoms in total. The number of methoxy groups -OCH3 is 1. The van der Waals surface area contributed by atoms with Crippen LogP contribution < -0.4 is 14.4 Å². The largest absolute Gasteiger partial charge is 0.495 e. The molecule has 1 atom stereocenters. The highest BCUT2D eigenvalue weighted by molar-refractivity contribution is 7.92. The van der Waals surface area contributed by atoms with Crippen molar-refractivity contribution in [1.82, 2.24) is 10.2 Å². The van der Waals surface area contributed by atoms with E-state index in [4.69, 9.17) is 27.9 Å². The van der Waals surface area contributed by atoms with Crippen LogP contribution in [0, 0.1) is 0 Å². The molecule has 0 aliphatic heterocycles. The number of anilines is 1. The molecule has 0 spiro atoms. The zero-order chi connectivity index (χ0) is 29.3. The van der Waals surface area contributed by atoms with Crippen LogP contribution in [0.25, 0.3) is 0 Å². The van der Waals surface area contributed by atoms with Gasteiger partial charge in [-0.1, -0.05) is 65.7 Å². The van der Waals surface area contributed by atoms with Crippen LogP contribution in [0.3, 0.4) is 0 Å². The molecule has 0 aromatic heterocycles. The van der Waals surface area contributed by atoms with Gasteiger partial charge in [-0.25, -0.2) is 8.42 Å². The number of sulfonamides is 1. The Morgan fingerprint density at radius 2 is 1.65 bits per heavy atom. The SMILES string of the molecule is CNC(=O)[C@H](Cc1ccccc1)N(Cc1ccc(Cl)cc1)C(=O)CCCN(c1ccc(OC)c(Cl)c1)S(C)(=O)=O. The Morgan fingerprint density at radius 3 is 2.23 bits per heavy atom. The van der Waals surface area contributed by atoms with Gasteiger partial charge in [0.15, 0.2) is 0 Å². The van der Waals surface area contributed by atoms with Crippen LogP contribution in [0.5, 0.6) is 5.75 Å². The Kier molecular flexibility index (Phi) is 11.2. The zero-order valence-corrected chi connectivity index (χ0v) is 25.0. The molecule has 0 unspecified atom stereocenters. The van der Waals surface area contributed by atoms with Gasteiger partial charge in [0.2, 0.25) is 21.8 Å². The Hall–Kier alpha value is -3.27. The lowest BCUT2D eigenvalue weighted by Crippen LogP contribution is -2.49. The fraction of sp³-hybridized carbons (Fsp3) is 0.310. The number of amides is 2. The third-order valence-electron chi connectivity index (χ3n) is 6.36. The van der Waals surface area contributed by atoms with Crippen molar-refractivity contribution in [3.8, 4) is 5.75 Å². The summed E-state index contributed by atoms with van der Waals surface area (Å²) in [4.78, 5) is 28.3. The van der Waals surface area contributed by atoms with E-state index in [9.17, 15) is 18.0 Å². The molecule has 11 heteroatoms. The molecule has 3 rings (SSSR count). The fourth-order valence-electron chi connectivity index (χ4n) is 4.32. The van der Waals surface area contributed by atoms with Crippen LogP contribution >= 0.6 is 23.2 Å². The standard InChI is InChI=1S/C29H33Cl2N3O5S/c1-32-29(36)26(18-21-8-5-4-6-9-21)33(20-22-11-13-23(30)14-12-22)28(35)10-7-17-34(40(3,37)38)24-15-16-27(39-2)25(31)19-24/h4-6,8-9,11-16,19,26H,7,10,17-18,20H2,1-3H3,(H,32,36)/t26-/m0/s1. The first kappa shape index (κ1) is 31.3. The minimum atomic E-state index is -3.67. The van der Waals surface area contributed by atoms with Gasteiger partial charge in [-0.05, 0) is 47.9 Å². The van der Waals surface area contributed by atoms with E-state index in [2.05, 4.69) is 5.32 Å². The van der Waals surface area contributed by atoms with Crippen LogP contribution in [0.2, 0.25) is 10.0 Å². The molecule has 40 heavy (non-hydrogen) atoms. The predicted octanol–water partition coefficient (Wildman–Crippen LogP) is 4.93. The number of likely N-dealkylation sites (N-methyl/N-ethyl adjacent to an activating group) is 1. The summed E-state index contributed by atoms with van der Waals surface area (Å²) in [7, 11) is -0.658. The van der Waals surface area contributed by atoms with Crippen molar-refractivity contribution in [1.29, 1.82) is 0 Å². The predicted molar refractivity (Wildman–Crippen MR) is 159 cm³/mol. The van der Waals surface area contributed by atoms with Gasteiger partial charge in [0.1, 0.15) is 11.8 Å². The van der Waals surface area contributed by atoms with Crippen molar-refractivity contribution in [2.75, 3.05) is 31.3 Å². The molecule has 3 aromatic carbocycles. The zero-order valence-electron chi connectivity index (χ0n) is 22.6. The smallest absolute Gasteiger partial charge is 0.242 e. The lowest BCUT2D eigenvalue weighted by molar-refractivity contribution is -0.141. The third kappa shape index (κ3) is 8.61. The maximum Gasteiger partial charge on any atom is 0.242 e. The Balaban J connectivity index is 1.84. The number of hydrogen-bond donors (Lipinski definition) is 1. The van der Waals surface area contributed by atoms with Gasteiger partial charge in [-0.3, -0.25) is 13.9 Å². The van der Waals surface area contributed by atoms with E-state index in [1.54, 1.807) is 29.2 Å². The van der Waals surface area contributed by atoms with Gasteiger partial charge in [0.05, 0.1) is 24.1 Å². The molecule has 0 bridgehead atoms. The highest BCUT2D eigenvalue weighted by atomic mass is 35.5. The van der Waals surface area contributed by atoms with Gasteiger partial charge in [-0.2, -0.15) is 0 Å². The molecule has 0 fully saturated rings. The molecule has 0 saturated carbocycles. The Morgan fingerprint density at radius 1 is 0.975 bits per heavy atom. The van der Waals surface area contributed by atoms with Gasteiger partial charge in [0, 0.05) is 38.0 Å². The normalized spacial score (nSPS) is 11.9. The molecule has 0 aliphatic carbocycles. The molecule has 2 amide bonds. The summed E-state index contributed by atoms with van der Waals surface area (Å²) < 4.78 is 31.6. The first-order chi connectivity index (χ1) is 19.0. The summed E-state index contributed by atoms with van der Waals surface area (Å²) in [6.45, 7) is 0.232. The van der Waals surface area contributed by atoms with Gasteiger partial charge < -0.3 is 15.0 Å². The van der Waals surface area contributed by atoms with Gasteiger partial charge in [-0.15, -0.1) is 0 Å². The summed E-state index contributed by atoms with van der Waals surface area (Å²) >= 11 is 12.3. The molecule has 0 heterocycles. The van der Waals surface area contributed by atoms with Crippen molar-refractivity contribution in [3.05, 3.63) is 94.0 Å². The molecular formula is C29H33Cl2N3O5S. The number of carbonyl (C=O) groups excluding carboxylic acids is 2. The number of hydrogen-bond acceptors (Lipinski definition) is 5. The first-order valence-corrected chi connectivity index (χ1v) is 15.2. The van der Waals surface area contributed by atoms with Crippen molar-refractivity contribution in [2.24, 2.45) is 0 Å². The molecule has 3 aromatic rings. The summed E-state index contributed by atoms with van der Waals surface area (Å²) in [6, 6.07) is 20.5. The van der Waals surface area contributed by atoms with E-state index in [0.29, 0.717) is 22.9 Å². The van der Waals surface area contributed by atoms with Crippen LogP contribution in [0.4, 0.5) is 5.69 Å². The Labute approximate surface area is 245 Å². The molecule has 0 saturated heterocycles. The average molecular weight is 607 g/mol. The van der Waals surface area contributed by atoms with E-state index in [0.717, 1.165) is 17.4 Å². The van der Waals surface area contributed by atoms with Crippen molar-refractivity contribution < 1.29 is 22.7 Å². The van der Waals surface area contributed by atoms with Crippen LogP contribution in [-0.2, 0) is 32.6 Å². The summed E-state index contributed by atoms with van der Waals surface area (Å²) in [5.41, 5.74) is 2.08. The number of carbonyl (C=O) groups is 2. The molecule has 214 valence electrons. The number of benzene rings is 3. The van der Waals surface area contributed by atoms with E-state index in [1.165, 1.54) is 24.5 Å². The van der Waals surface area contributed by atoms with Crippen molar-refractivity contribution in [3.63, 3.8) is 0 Å². The average Bonchev–Trinajstić information content (AvgIpc) is 2.93. The van der Waals surface area contributed by atoms with Gasteiger partial charge >= 0.3 is 0 Å². The second-order valence-electron chi connectivity index (χ2n) is 9.23. The van der Waals surface area contributed by atoms with Gasteiger partial charge in [0.25, 0.3) is 0 Å². The van der Waals surface area contributed by atoms with E-state index in [1.807, 2.05) is 42.5 Å². The topological polar surface area (TPSA) is 96.0 Å². The van der Waals surface area contributed by atoms with E-state index >= 15 is 0 Å². The van der Waals surface area contributed by atoms with E-state index < -0.39 is 16.1 Å². The van der Waals surface area contributed by atoms with Crippen LogP contribution in [0.15, 0.2) is 72.8 Å². The molecular weight excluding hydrogens is 573 g/mol. The monoisotopic (exact) mass is 605 g/mol. The summed E-state index contributed by atoms with van der Waals surface area (Å²) in [5.74, 6) is -0.150. The number of halogens is 2. The van der Waals surface area contributed by atoms with Crippen LogP contribution in [0.1, 0.15) is 24.0 Å². The minimum absolute atomic E-state index is 0.0196. The number of ether oxygens (including phenoxy) is 1. The van der Waals surface area contributed by atoms with Crippen molar-refractivity contribution in [2.45, 2.75) is 31.8 Å². The number of rotatable bonds is 13. The highest BCUT2D eigenvalue weighted by Crippen LogP contribution is 2.30. The maximum atomic E-state index is 13.7. The summed E-state index contributed by atoms with van der Waals surface area (Å²) in [5, 5.41) is 3.52. The van der Waals surface area contributed by atoms with E-state index in [-0.39, 0.29) is 42.8 Å². The third-order valence-corrected chi connectivity index (χ3v) is 8.10. The lowest BCUT2D eigenvalue weighted by atomic mass is 10.0. The quantitative estimate of drug-likeness (QED) is 0.298. The maximum absolute atomic E-state index is 13.7. The van der Waals surface area contributed by atoms with Crippen molar-refractivity contribution >= 4 is 50.7 Å². The lowest BCUT2D eigenvalue weighted by Gasteiger charge is -2.31. The summed E-state index contributed by atoms with van der Waals surface area (Å²) in [6.07, 6.45) is 1.66. The molecule has 0 radical (unpaired) electrons. The minimum Gasteiger partial charge on any atom is -0.495 e. The second-order valence-corrected chi connectivity index (χ2v) is 12.0. The number of nitrogens with one attached hydrogen (secondary N) is 1. The highest BCUT2D eigenvalue weighted by Gasteiger charge is 2.30. The molecule has 0 aliphatic rings. The fourth-order valence-corrected chi connectivity index (χ4v) is 5.66. The first-order valence-electron chi connectivity index (χ1n) is 12.6. The number of nitrogens with zero attached hydrogens (tertiary/aromatic N) is 2. The Bertz CT molecular complexity index is 1400. The molecule has 1 N–H and O–H groups in total.